The number of ether oxygens (including phenoxy) is 2. The van der Waals surface area contributed by atoms with Crippen LogP contribution in [-0.2, 0) is 4.74 Å². The summed E-state index contributed by atoms with van der Waals surface area (Å²) in [4.78, 5) is 31.9. The van der Waals surface area contributed by atoms with Gasteiger partial charge in [0, 0.05) is 58.5 Å². The standard InChI is InChI=1S/C28H48N4O5/c1-19(2)29-28(35)31(8)17-26-20(3)16-32(21(4)18-33)27(34)24-15-23(30(6)7)12-13-25(24)37-22(5)11-9-10-14-36-26/h12-13,15,19-22,26,33H,9-11,14,16-18H2,1-8H3,(H,29,35)/t20-,21+,22+,26+/m0/s1. The van der Waals surface area contributed by atoms with Gasteiger partial charge in [0.1, 0.15) is 5.75 Å². The molecule has 1 aromatic carbocycles. The lowest BCUT2D eigenvalue weighted by Gasteiger charge is -2.36. The van der Waals surface area contributed by atoms with Crippen LogP contribution in [0.1, 0.15) is 64.2 Å². The van der Waals surface area contributed by atoms with Crippen molar-refractivity contribution >= 4 is 17.6 Å². The fourth-order valence-corrected chi connectivity index (χ4v) is 4.36. The summed E-state index contributed by atoms with van der Waals surface area (Å²) >= 11 is 0. The number of hydrogen-bond acceptors (Lipinski definition) is 6. The molecule has 0 bridgehead atoms. The van der Waals surface area contributed by atoms with Crippen molar-refractivity contribution < 1.29 is 24.2 Å². The van der Waals surface area contributed by atoms with Gasteiger partial charge in [-0.3, -0.25) is 4.79 Å². The van der Waals surface area contributed by atoms with E-state index < -0.39 is 6.04 Å². The van der Waals surface area contributed by atoms with Gasteiger partial charge in [0.15, 0.2) is 0 Å². The molecule has 1 aliphatic rings. The van der Waals surface area contributed by atoms with Gasteiger partial charge in [-0.25, -0.2) is 4.79 Å². The lowest BCUT2D eigenvalue weighted by atomic mass is 10.0. The van der Waals surface area contributed by atoms with Crippen LogP contribution in [0, 0.1) is 5.92 Å². The Labute approximate surface area is 223 Å². The van der Waals surface area contributed by atoms with Gasteiger partial charge in [0.05, 0.1) is 30.4 Å². The number of nitrogens with zero attached hydrogens (tertiary/aromatic N) is 3. The number of rotatable bonds is 6. The molecule has 2 N–H and O–H groups in total. The molecular weight excluding hydrogens is 472 g/mol. The average molecular weight is 521 g/mol. The smallest absolute Gasteiger partial charge is 0.317 e. The summed E-state index contributed by atoms with van der Waals surface area (Å²) in [5, 5.41) is 13.0. The Hall–Kier alpha value is -2.52. The third-order valence-corrected chi connectivity index (χ3v) is 6.76. The van der Waals surface area contributed by atoms with E-state index in [9.17, 15) is 14.7 Å². The fraction of sp³-hybridized carbons (Fsp3) is 0.714. The zero-order valence-corrected chi connectivity index (χ0v) is 24.0. The number of aliphatic hydroxyl groups excluding tert-OH is 1. The maximum absolute atomic E-state index is 14.0. The highest BCUT2D eigenvalue weighted by Crippen LogP contribution is 2.29. The van der Waals surface area contributed by atoms with E-state index in [4.69, 9.17) is 9.47 Å². The summed E-state index contributed by atoms with van der Waals surface area (Å²) in [6.07, 6.45) is 2.30. The van der Waals surface area contributed by atoms with Crippen molar-refractivity contribution in [1.82, 2.24) is 15.1 Å². The van der Waals surface area contributed by atoms with Crippen molar-refractivity contribution in [2.24, 2.45) is 5.92 Å². The van der Waals surface area contributed by atoms with Gasteiger partial charge in [0.25, 0.3) is 5.91 Å². The van der Waals surface area contributed by atoms with E-state index in [0.717, 1.165) is 24.9 Å². The van der Waals surface area contributed by atoms with Gasteiger partial charge < -0.3 is 34.6 Å². The van der Waals surface area contributed by atoms with Gasteiger partial charge in [-0.15, -0.1) is 0 Å². The molecule has 1 aliphatic heterocycles. The number of likely N-dealkylation sites (N-methyl/N-ethyl adjacent to an activating group) is 1. The second-order valence-corrected chi connectivity index (χ2v) is 10.9. The Balaban J connectivity index is 2.43. The number of hydrogen-bond donors (Lipinski definition) is 2. The minimum absolute atomic E-state index is 0.0344. The highest BCUT2D eigenvalue weighted by Gasteiger charge is 2.31. The van der Waals surface area contributed by atoms with Crippen LogP contribution in [0.4, 0.5) is 10.5 Å². The molecule has 0 radical (unpaired) electrons. The summed E-state index contributed by atoms with van der Waals surface area (Å²) in [6, 6.07) is 5.15. The van der Waals surface area contributed by atoms with Gasteiger partial charge >= 0.3 is 6.03 Å². The highest BCUT2D eigenvalue weighted by molar-refractivity contribution is 5.98. The number of urea groups is 1. The van der Waals surface area contributed by atoms with Crippen LogP contribution in [0.5, 0.6) is 5.75 Å². The molecule has 4 atom stereocenters. The third kappa shape index (κ3) is 9.07. The summed E-state index contributed by atoms with van der Waals surface area (Å²) < 4.78 is 12.6. The number of aliphatic hydroxyl groups is 1. The number of nitrogens with one attached hydrogen (secondary N) is 1. The second kappa shape index (κ2) is 14.4. The molecule has 0 aliphatic carbocycles. The Morgan fingerprint density at radius 3 is 2.51 bits per heavy atom. The van der Waals surface area contributed by atoms with E-state index in [0.29, 0.717) is 31.0 Å². The molecule has 9 nitrogen and oxygen atoms in total. The van der Waals surface area contributed by atoms with Crippen molar-refractivity contribution in [2.75, 3.05) is 52.3 Å². The molecule has 9 heteroatoms. The minimum atomic E-state index is -0.404. The molecule has 0 aromatic heterocycles. The van der Waals surface area contributed by atoms with E-state index in [1.54, 1.807) is 16.8 Å². The van der Waals surface area contributed by atoms with Crippen molar-refractivity contribution in [3.63, 3.8) is 0 Å². The van der Waals surface area contributed by atoms with Gasteiger partial charge in [0.2, 0.25) is 0 Å². The van der Waals surface area contributed by atoms with Gasteiger partial charge in [-0.05, 0) is 65.2 Å². The molecule has 1 aromatic rings. The number of fused-ring (bicyclic) bond motifs is 1. The molecule has 3 amide bonds. The molecule has 0 spiro atoms. The van der Waals surface area contributed by atoms with Crippen LogP contribution >= 0.6 is 0 Å². The van der Waals surface area contributed by atoms with Crippen LogP contribution in [0.2, 0.25) is 0 Å². The number of carbonyl (C=O) groups is 2. The summed E-state index contributed by atoms with van der Waals surface area (Å²) in [5.74, 6) is 0.275. The van der Waals surface area contributed by atoms with E-state index >= 15 is 0 Å². The van der Waals surface area contributed by atoms with Crippen LogP contribution in [0.25, 0.3) is 0 Å². The number of anilines is 1. The number of carbonyl (C=O) groups excluding carboxylic acids is 2. The maximum Gasteiger partial charge on any atom is 0.317 e. The lowest BCUT2D eigenvalue weighted by molar-refractivity contribution is -0.0122. The quantitative estimate of drug-likeness (QED) is 0.595. The fourth-order valence-electron chi connectivity index (χ4n) is 4.36. The van der Waals surface area contributed by atoms with Crippen molar-refractivity contribution in [3.8, 4) is 5.75 Å². The summed E-state index contributed by atoms with van der Waals surface area (Å²) in [7, 11) is 5.63. The molecule has 0 saturated carbocycles. The molecule has 2 rings (SSSR count). The Kier molecular flexibility index (Phi) is 12.0. The monoisotopic (exact) mass is 520 g/mol. The molecule has 1 heterocycles. The Bertz CT molecular complexity index is 878. The van der Waals surface area contributed by atoms with Crippen LogP contribution in [-0.4, -0.2) is 98.6 Å². The summed E-state index contributed by atoms with van der Waals surface area (Å²) in [5.41, 5.74) is 1.38. The van der Waals surface area contributed by atoms with Crippen molar-refractivity contribution in [1.29, 1.82) is 0 Å². The predicted molar refractivity (Wildman–Crippen MR) is 147 cm³/mol. The van der Waals surface area contributed by atoms with E-state index in [1.165, 1.54) is 0 Å². The largest absolute Gasteiger partial charge is 0.490 e. The molecule has 0 unspecified atom stereocenters. The van der Waals surface area contributed by atoms with Gasteiger partial charge in [-0.2, -0.15) is 0 Å². The first-order chi connectivity index (χ1) is 17.4. The van der Waals surface area contributed by atoms with Gasteiger partial charge in [-0.1, -0.05) is 6.92 Å². The third-order valence-electron chi connectivity index (χ3n) is 6.76. The Morgan fingerprint density at radius 2 is 1.89 bits per heavy atom. The normalized spacial score (nSPS) is 22.5. The SMILES string of the molecule is CC(C)NC(=O)N(C)C[C@H]1OCCCC[C@@H](C)Oc2ccc(N(C)C)cc2C(=O)N([C@H](C)CO)C[C@@H]1C. The maximum atomic E-state index is 14.0. The van der Waals surface area contributed by atoms with Crippen molar-refractivity contribution in [2.45, 2.75) is 78.2 Å². The Morgan fingerprint density at radius 1 is 1.19 bits per heavy atom. The lowest BCUT2D eigenvalue weighted by Crippen LogP contribution is -2.49. The second-order valence-electron chi connectivity index (χ2n) is 10.9. The van der Waals surface area contributed by atoms with Crippen molar-refractivity contribution in [3.05, 3.63) is 23.8 Å². The average Bonchev–Trinajstić information content (AvgIpc) is 2.84. The molecule has 0 fully saturated rings. The van der Waals surface area contributed by atoms with Crippen LogP contribution in [0.3, 0.4) is 0 Å². The molecule has 210 valence electrons. The van der Waals surface area contributed by atoms with E-state index in [-0.39, 0.29) is 42.7 Å². The zero-order valence-electron chi connectivity index (χ0n) is 24.0. The number of amides is 3. The summed E-state index contributed by atoms with van der Waals surface area (Å²) in [6.45, 7) is 10.9. The van der Waals surface area contributed by atoms with Crippen LogP contribution in [0.15, 0.2) is 18.2 Å². The van der Waals surface area contributed by atoms with Crippen LogP contribution < -0.4 is 15.0 Å². The van der Waals surface area contributed by atoms with E-state index in [2.05, 4.69) is 5.32 Å². The molecule has 37 heavy (non-hydrogen) atoms. The number of benzene rings is 1. The first-order valence-corrected chi connectivity index (χ1v) is 13.5. The first kappa shape index (κ1) is 30.7. The zero-order chi connectivity index (χ0) is 27.7. The molecular formula is C28H48N4O5. The minimum Gasteiger partial charge on any atom is -0.490 e. The first-order valence-electron chi connectivity index (χ1n) is 13.5. The topological polar surface area (TPSA) is 94.6 Å². The highest BCUT2D eigenvalue weighted by atomic mass is 16.5. The molecule has 0 saturated heterocycles. The predicted octanol–water partition coefficient (Wildman–Crippen LogP) is 3.60. The van der Waals surface area contributed by atoms with E-state index in [1.807, 2.05) is 71.8 Å².